The quantitative estimate of drug-likeness (QED) is 0.473. The summed E-state index contributed by atoms with van der Waals surface area (Å²) < 4.78 is 0. The molecular weight excluding hydrogens is 324 g/mol. The smallest absolute Gasteiger partial charge is 0.191 e. The average molecular weight is 348 g/mol. The SMILES string of the molecule is CCNC(=NCc1cccc(C)c1)NCc1cccc(-c2ncn[nH]2)c1. The van der Waals surface area contributed by atoms with Gasteiger partial charge in [0.15, 0.2) is 11.8 Å². The number of aromatic nitrogens is 3. The lowest BCUT2D eigenvalue weighted by atomic mass is 10.1. The van der Waals surface area contributed by atoms with Crippen LogP contribution in [-0.2, 0) is 13.1 Å². The Balaban J connectivity index is 1.65. The van der Waals surface area contributed by atoms with Gasteiger partial charge in [-0.25, -0.2) is 9.98 Å². The monoisotopic (exact) mass is 348 g/mol. The van der Waals surface area contributed by atoms with Crippen LogP contribution in [0.3, 0.4) is 0 Å². The highest BCUT2D eigenvalue weighted by atomic mass is 15.2. The van der Waals surface area contributed by atoms with Gasteiger partial charge in [0, 0.05) is 18.7 Å². The van der Waals surface area contributed by atoms with Crippen LogP contribution in [0.4, 0.5) is 0 Å². The summed E-state index contributed by atoms with van der Waals surface area (Å²) in [7, 11) is 0. The van der Waals surface area contributed by atoms with Crippen molar-refractivity contribution in [2.45, 2.75) is 26.9 Å². The number of rotatable bonds is 6. The molecule has 0 aliphatic carbocycles. The van der Waals surface area contributed by atoms with Gasteiger partial charge >= 0.3 is 0 Å². The van der Waals surface area contributed by atoms with E-state index in [1.165, 1.54) is 17.5 Å². The number of benzene rings is 2. The third-order valence-corrected chi connectivity index (χ3v) is 3.92. The molecule has 0 aliphatic heterocycles. The summed E-state index contributed by atoms with van der Waals surface area (Å²) in [6.45, 7) is 6.31. The van der Waals surface area contributed by atoms with Crippen LogP contribution in [0.2, 0.25) is 0 Å². The molecule has 2 aromatic carbocycles. The Bertz CT molecular complexity index is 854. The van der Waals surface area contributed by atoms with Gasteiger partial charge in [-0.15, -0.1) is 0 Å². The van der Waals surface area contributed by atoms with Gasteiger partial charge in [0.05, 0.1) is 6.54 Å². The van der Waals surface area contributed by atoms with Crippen LogP contribution in [0.15, 0.2) is 59.9 Å². The Kier molecular flexibility index (Phi) is 5.98. The number of aliphatic imine (C=N–C) groups is 1. The molecule has 6 nitrogen and oxygen atoms in total. The first kappa shape index (κ1) is 17.7. The lowest BCUT2D eigenvalue weighted by Gasteiger charge is -2.12. The summed E-state index contributed by atoms with van der Waals surface area (Å²) in [5, 5.41) is 13.5. The van der Waals surface area contributed by atoms with Gasteiger partial charge in [0.2, 0.25) is 0 Å². The minimum Gasteiger partial charge on any atom is -0.357 e. The Hall–Kier alpha value is -3.15. The highest BCUT2D eigenvalue weighted by molar-refractivity contribution is 5.79. The molecule has 6 heteroatoms. The molecule has 0 bridgehead atoms. The molecule has 0 unspecified atom stereocenters. The predicted molar refractivity (Wildman–Crippen MR) is 105 cm³/mol. The maximum Gasteiger partial charge on any atom is 0.191 e. The standard InChI is InChI=1S/C20H24N6/c1-3-21-20(22-12-16-7-4-6-15(2)10-16)23-13-17-8-5-9-18(11-17)19-24-14-25-26-19/h4-11,14H,3,12-13H2,1-2H3,(H2,21,22,23)(H,24,25,26). The molecule has 0 fully saturated rings. The third kappa shape index (κ3) is 4.92. The van der Waals surface area contributed by atoms with E-state index >= 15 is 0 Å². The number of aryl methyl sites for hydroxylation is 1. The Labute approximate surface area is 153 Å². The van der Waals surface area contributed by atoms with E-state index in [0.29, 0.717) is 13.1 Å². The number of hydrogen-bond donors (Lipinski definition) is 3. The number of nitrogens with one attached hydrogen (secondary N) is 3. The summed E-state index contributed by atoms with van der Waals surface area (Å²) in [5.41, 5.74) is 4.62. The molecule has 0 aliphatic rings. The minimum absolute atomic E-state index is 0.648. The second kappa shape index (κ2) is 8.80. The van der Waals surface area contributed by atoms with E-state index < -0.39 is 0 Å². The van der Waals surface area contributed by atoms with Gasteiger partial charge in [0.1, 0.15) is 6.33 Å². The fourth-order valence-corrected chi connectivity index (χ4v) is 2.68. The van der Waals surface area contributed by atoms with Crippen molar-refractivity contribution in [1.82, 2.24) is 25.8 Å². The van der Waals surface area contributed by atoms with Crippen molar-refractivity contribution in [2.75, 3.05) is 6.54 Å². The zero-order valence-electron chi connectivity index (χ0n) is 15.2. The molecule has 0 atom stereocenters. The third-order valence-electron chi connectivity index (χ3n) is 3.92. The van der Waals surface area contributed by atoms with E-state index in [4.69, 9.17) is 0 Å². The van der Waals surface area contributed by atoms with Gasteiger partial charge in [-0.1, -0.05) is 48.0 Å². The van der Waals surface area contributed by atoms with Crippen LogP contribution in [-0.4, -0.2) is 27.7 Å². The van der Waals surface area contributed by atoms with Crippen molar-refractivity contribution in [3.05, 3.63) is 71.5 Å². The zero-order chi connectivity index (χ0) is 18.2. The summed E-state index contributed by atoms with van der Waals surface area (Å²) in [4.78, 5) is 8.88. The van der Waals surface area contributed by atoms with Crippen molar-refractivity contribution in [2.24, 2.45) is 4.99 Å². The van der Waals surface area contributed by atoms with Crippen LogP contribution < -0.4 is 10.6 Å². The molecule has 1 aromatic heterocycles. The molecule has 3 rings (SSSR count). The molecule has 134 valence electrons. The highest BCUT2D eigenvalue weighted by Gasteiger charge is 2.03. The Morgan fingerprint density at radius 1 is 1.08 bits per heavy atom. The Morgan fingerprint density at radius 2 is 1.92 bits per heavy atom. The van der Waals surface area contributed by atoms with Crippen LogP contribution in [0.1, 0.15) is 23.6 Å². The van der Waals surface area contributed by atoms with Gasteiger partial charge in [-0.3, -0.25) is 5.10 Å². The number of nitrogens with zero attached hydrogens (tertiary/aromatic N) is 3. The number of hydrogen-bond acceptors (Lipinski definition) is 3. The summed E-state index contributed by atoms with van der Waals surface area (Å²) >= 11 is 0. The van der Waals surface area contributed by atoms with Crippen molar-refractivity contribution in [3.8, 4) is 11.4 Å². The maximum atomic E-state index is 4.68. The molecule has 26 heavy (non-hydrogen) atoms. The van der Waals surface area contributed by atoms with Gasteiger partial charge in [0.25, 0.3) is 0 Å². The molecular formula is C20H24N6. The molecule has 3 N–H and O–H groups in total. The summed E-state index contributed by atoms with van der Waals surface area (Å²) in [6, 6.07) is 16.6. The first-order valence-electron chi connectivity index (χ1n) is 8.77. The fourth-order valence-electron chi connectivity index (χ4n) is 2.68. The predicted octanol–water partition coefficient (Wildman–Crippen LogP) is 3.04. The van der Waals surface area contributed by atoms with Crippen molar-refractivity contribution in [3.63, 3.8) is 0 Å². The first-order chi connectivity index (χ1) is 12.7. The second-order valence-electron chi connectivity index (χ2n) is 6.07. The van der Waals surface area contributed by atoms with Crippen LogP contribution in [0.5, 0.6) is 0 Å². The van der Waals surface area contributed by atoms with Crippen LogP contribution in [0, 0.1) is 6.92 Å². The summed E-state index contributed by atoms with van der Waals surface area (Å²) in [6.07, 6.45) is 1.52. The maximum absolute atomic E-state index is 4.68. The first-order valence-corrected chi connectivity index (χ1v) is 8.77. The topological polar surface area (TPSA) is 78.0 Å². The zero-order valence-corrected chi connectivity index (χ0v) is 15.2. The van der Waals surface area contributed by atoms with Crippen LogP contribution >= 0.6 is 0 Å². The lowest BCUT2D eigenvalue weighted by Crippen LogP contribution is -2.36. The number of aromatic amines is 1. The molecule has 0 amide bonds. The average Bonchev–Trinajstić information content (AvgIpc) is 3.19. The van der Waals surface area contributed by atoms with E-state index in [2.05, 4.69) is 81.1 Å². The van der Waals surface area contributed by atoms with Crippen molar-refractivity contribution in [1.29, 1.82) is 0 Å². The van der Waals surface area contributed by atoms with E-state index in [9.17, 15) is 0 Å². The highest BCUT2D eigenvalue weighted by Crippen LogP contribution is 2.15. The molecule has 0 saturated carbocycles. The molecule has 3 aromatic rings. The largest absolute Gasteiger partial charge is 0.357 e. The Morgan fingerprint density at radius 3 is 2.69 bits per heavy atom. The lowest BCUT2D eigenvalue weighted by molar-refractivity contribution is 0.816. The van der Waals surface area contributed by atoms with E-state index in [-0.39, 0.29) is 0 Å². The van der Waals surface area contributed by atoms with E-state index in [1.54, 1.807) is 0 Å². The van der Waals surface area contributed by atoms with Crippen molar-refractivity contribution >= 4 is 5.96 Å². The minimum atomic E-state index is 0.648. The van der Waals surface area contributed by atoms with E-state index in [0.717, 1.165) is 29.5 Å². The van der Waals surface area contributed by atoms with Crippen LogP contribution in [0.25, 0.3) is 11.4 Å². The van der Waals surface area contributed by atoms with Gasteiger partial charge in [-0.05, 0) is 31.0 Å². The molecule has 0 saturated heterocycles. The molecule has 0 spiro atoms. The summed E-state index contributed by atoms with van der Waals surface area (Å²) in [5.74, 6) is 1.57. The molecule has 1 heterocycles. The fraction of sp³-hybridized carbons (Fsp3) is 0.250. The number of H-pyrrole nitrogens is 1. The normalized spacial score (nSPS) is 11.4. The van der Waals surface area contributed by atoms with E-state index in [1.807, 2.05) is 12.1 Å². The van der Waals surface area contributed by atoms with Gasteiger partial charge in [-0.2, -0.15) is 5.10 Å². The second-order valence-corrected chi connectivity index (χ2v) is 6.07. The van der Waals surface area contributed by atoms with Gasteiger partial charge < -0.3 is 10.6 Å². The molecule has 0 radical (unpaired) electrons. The number of guanidine groups is 1. The van der Waals surface area contributed by atoms with Crippen molar-refractivity contribution < 1.29 is 0 Å².